The Morgan fingerprint density at radius 1 is 0.923 bits per heavy atom. The van der Waals surface area contributed by atoms with E-state index in [-0.39, 0.29) is 5.91 Å². The van der Waals surface area contributed by atoms with Crippen LogP contribution in [0.25, 0.3) is 0 Å². The molecule has 0 aliphatic carbocycles. The first-order chi connectivity index (χ1) is 12.7. The summed E-state index contributed by atoms with van der Waals surface area (Å²) in [5.41, 5.74) is 2.49. The first kappa shape index (κ1) is 18.9. The summed E-state index contributed by atoms with van der Waals surface area (Å²) in [6.07, 6.45) is 0.803. The summed E-state index contributed by atoms with van der Waals surface area (Å²) in [5, 5.41) is 3.75. The van der Waals surface area contributed by atoms with Crippen LogP contribution in [0, 0.1) is 0 Å². The van der Waals surface area contributed by atoms with Crippen molar-refractivity contribution in [1.29, 1.82) is 0 Å². The Morgan fingerprint density at radius 3 is 2.35 bits per heavy atom. The van der Waals surface area contributed by atoms with Gasteiger partial charge in [0.2, 0.25) is 5.91 Å². The van der Waals surface area contributed by atoms with Gasteiger partial charge in [-0.25, -0.2) is 0 Å². The molecule has 0 saturated carbocycles. The number of piperazine rings is 1. The lowest BCUT2D eigenvalue weighted by Gasteiger charge is -2.34. The largest absolute Gasteiger partial charge is 0.355 e. The highest BCUT2D eigenvalue weighted by molar-refractivity contribution is 6.30. The number of carbonyl (C=O) groups is 1. The van der Waals surface area contributed by atoms with E-state index in [1.807, 2.05) is 30.3 Å². The molecule has 0 unspecified atom stereocenters. The smallest absolute Gasteiger partial charge is 0.234 e. The lowest BCUT2D eigenvalue weighted by molar-refractivity contribution is -0.122. The molecule has 1 heterocycles. The number of rotatable bonds is 7. The van der Waals surface area contributed by atoms with Gasteiger partial charge < -0.3 is 5.32 Å². The van der Waals surface area contributed by atoms with Gasteiger partial charge in [-0.05, 0) is 29.7 Å². The molecule has 2 aromatic carbocycles. The number of amides is 1. The molecule has 1 amide bonds. The monoisotopic (exact) mass is 371 g/mol. The molecule has 1 aliphatic heterocycles. The van der Waals surface area contributed by atoms with Gasteiger partial charge in [0, 0.05) is 44.3 Å². The summed E-state index contributed by atoms with van der Waals surface area (Å²) in [6.45, 7) is 6.00. The van der Waals surface area contributed by atoms with Crippen molar-refractivity contribution in [2.24, 2.45) is 0 Å². The average molecular weight is 372 g/mol. The number of nitrogens with one attached hydrogen (secondary N) is 1. The summed E-state index contributed by atoms with van der Waals surface area (Å²) in [5.74, 6) is 0.100. The Labute approximate surface area is 160 Å². The van der Waals surface area contributed by atoms with Crippen LogP contribution in [0.3, 0.4) is 0 Å². The highest BCUT2D eigenvalue weighted by Gasteiger charge is 2.18. The van der Waals surface area contributed by atoms with Crippen molar-refractivity contribution in [2.75, 3.05) is 39.3 Å². The van der Waals surface area contributed by atoms with E-state index >= 15 is 0 Å². The highest BCUT2D eigenvalue weighted by atomic mass is 35.5. The Balaban J connectivity index is 1.33. The third-order valence-electron chi connectivity index (χ3n) is 4.71. The van der Waals surface area contributed by atoms with Crippen LogP contribution in [-0.4, -0.2) is 55.0 Å². The predicted octanol–water partition coefficient (Wildman–Crippen LogP) is 2.82. The molecule has 0 radical (unpaired) electrons. The van der Waals surface area contributed by atoms with E-state index in [2.05, 4.69) is 39.4 Å². The molecule has 26 heavy (non-hydrogen) atoms. The second-order valence-corrected chi connectivity index (χ2v) is 7.20. The van der Waals surface area contributed by atoms with E-state index < -0.39 is 0 Å². The molecule has 138 valence electrons. The number of hydrogen-bond donors (Lipinski definition) is 1. The molecule has 4 nitrogen and oxygen atoms in total. The zero-order chi connectivity index (χ0) is 18.2. The zero-order valence-corrected chi connectivity index (χ0v) is 15.8. The lowest BCUT2D eigenvalue weighted by atomic mass is 10.1. The van der Waals surface area contributed by atoms with Crippen molar-refractivity contribution < 1.29 is 4.79 Å². The molecule has 5 heteroatoms. The molecule has 3 rings (SSSR count). The second-order valence-electron chi connectivity index (χ2n) is 6.77. The summed E-state index contributed by atoms with van der Waals surface area (Å²) in [4.78, 5) is 16.8. The van der Waals surface area contributed by atoms with Crippen LogP contribution in [0.4, 0.5) is 0 Å². The maximum Gasteiger partial charge on any atom is 0.234 e. The fourth-order valence-corrected chi connectivity index (χ4v) is 3.46. The van der Waals surface area contributed by atoms with Crippen molar-refractivity contribution in [3.8, 4) is 0 Å². The van der Waals surface area contributed by atoms with Gasteiger partial charge >= 0.3 is 0 Å². The standard InChI is InChI=1S/C21H26ClN3O/c22-20-8-4-7-18(15-20)9-10-23-21(26)17-25-13-11-24(12-14-25)16-19-5-2-1-3-6-19/h1-8,15H,9-14,16-17H2,(H,23,26). The second kappa shape index (κ2) is 9.72. The maximum absolute atomic E-state index is 12.1. The number of benzene rings is 2. The summed E-state index contributed by atoms with van der Waals surface area (Å²) in [6, 6.07) is 18.3. The molecule has 1 saturated heterocycles. The van der Waals surface area contributed by atoms with Gasteiger partial charge in [0.25, 0.3) is 0 Å². The molecule has 0 atom stereocenters. The Bertz CT molecular complexity index is 699. The first-order valence-electron chi connectivity index (χ1n) is 9.19. The topological polar surface area (TPSA) is 35.6 Å². The van der Waals surface area contributed by atoms with Gasteiger partial charge in [0.15, 0.2) is 0 Å². The van der Waals surface area contributed by atoms with Crippen molar-refractivity contribution >= 4 is 17.5 Å². The normalized spacial score (nSPS) is 15.7. The summed E-state index contributed by atoms with van der Waals surface area (Å²) < 4.78 is 0. The van der Waals surface area contributed by atoms with Crippen LogP contribution in [0.15, 0.2) is 54.6 Å². The van der Waals surface area contributed by atoms with Crippen LogP contribution in [0.2, 0.25) is 5.02 Å². The van der Waals surface area contributed by atoms with E-state index in [9.17, 15) is 4.79 Å². The minimum atomic E-state index is 0.100. The minimum absolute atomic E-state index is 0.100. The van der Waals surface area contributed by atoms with Crippen molar-refractivity contribution in [3.05, 3.63) is 70.7 Å². The van der Waals surface area contributed by atoms with Crippen LogP contribution >= 0.6 is 11.6 Å². The molecule has 1 aliphatic rings. The third-order valence-corrected chi connectivity index (χ3v) is 4.94. The molecule has 1 N–H and O–H groups in total. The van der Waals surface area contributed by atoms with E-state index in [1.165, 1.54) is 5.56 Å². The van der Waals surface area contributed by atoms with Gasteiger partial charge in [-0.1, -0.05) is 54.1 Å². The highest BCUT2D eigenvalue weighted by Crippen LogP contribution is 2.11. The minimum Gasteiger partial charge on any atom is -0.355 e. The number of carbonyl (C=O) groups excluding carboxylic acids is 1. The van der Waals surface area contributed by atoms with Crippen molar-refractivity contribution in [1.82, 2.24) is 15.1 Å². The molecule has 0 spiro atoms. The zero-order valence-electron chi connectivity index (χ0n) is 15.0. The van der Waals surface area contributed by atoms with Gasteiger partial charge in [-0.15, -0.1) is 0 Å². The van der Waals surface area contributed by atoms with Gasteiger partial charge in [0.1, 0.15) is 0 Å². The average Bonchev–Trinajstić information content (AvgIpc) is 2.64. The van der Waals surface area contributed by atoms with Crippen LogP contribution in [-0.2, 0) is 17.8 Å². The Morgan fingerprint density at radius 2 is 1.62 bits per heavy atom. The molecule has 0 aromatic heterocycles. The molecular formula is C21H26ClN3O. The van der Waals surface area contributed by atoms with E-state index in [0.717, 1.165) is 49.7 Å². The van der Waals surface area contributed by atoms with Crippen LogP contribution in [0.1, 0.15) is 11.1 Å². The molecule has 1 fully saturated rings. The molecular weight excluding hydrogens is 346 g/mol. The maximum atomic E-state index is 12.1. The van der Waals surface area contributed by atoms with E-state index in [4.69, 9.17) is 11.6 Å². The lowest BCUT2D eigenvalue weighted by Crippen LogP contribution is -2.49. The first-order valence-corrected chi connectivity index (χ1v) is 9.56. The fourth-order valence-electron chi connectivity index (χ4n) is 3.24. The van der Waals surface area contributed by atoms with E-state index in [1.54, 1.807) is 0 Å². The van der Waals surface area contributed by atoms with Gasteiger partial charge in [0.05, 0.1) is 6.54 Å². The predicted molar refractivity (Wildman–Crippen MR) is 106 cm³/mol. The van der Waals surface area contributed by atoms with Crippen LogP contribution in [0.5, 0.6) is 0 Å². The molecule has 0 bridgehead atoms. The third kappa shape index (κ3) is 6.13. The van der Waals surface area contributed by atoms with Gasteiger partial charge in [-0.3, -0.25) is 14.6 Å². The molecule has 2 aromatic rings. The summed E-state index contributed by atoms with van der Waals surface area (Å²) in [7, 11) is 0. The Kier molecular flexibility index (Phi) is 7.06. The quantitative estimate of drug-likeness (QED) is 0.813. The number of nitrogens with zero attached hydrogens (tertiary/aromatic N) is 2. The van der Waals surface area contributed by atoms with Crippen LogP contribution < -0.4 is 5.32 Å². The summed E-state index contributed by atoms with van der Waals surface area (Å²) >= 11 is 5.98. The SMILES string of the molecule is O=C(CN1CCN(Cc2ccccc2)CC1)NCCc1cccc(Cl)c1. The fraction of sp³-hybridized carbons (Fsp3) is 0.381. The number of halogens is 1. The van der Waals surface area contributed by atoms with Crippen molar-refractivity contribution in [2.45, 2.75) is 13.0 Å². The number of hydrogen-bond acceptors (Lipinski definition) is 3. The Hall–Kier alpha value is -1.88. The van der Waals surface area contributed by atoms with E-state index in [0.29, 0.717) is 13.1 Å². The van der Waals surface area contributed by atoms with Gasteiger partial charge in [-0.2, -0.15) is 0 Å². The van der Waals surface area contributed by atoms with Crippen molar-refractivity contribution in [3.63, 3.8) is 0 Å².